The van der Waals surface area contributed by atoms with Crippen molar-refractivity contribution in [1.82, 2.24) is 9.80 Å². The van der Waals surface area contributed by atoms with Crippen LogP contribution in [0, 0.1) is 20.2 Å². The maximum atomic E-state index is 14.0. The zero-order valence-corrected chi connectivity index (χ0v) is 29.3. The van der Waals surface area contributed by atoms with Crippen molar-refractivity contribution in [3.63, 3.8) is 0 Å². The molecule has 1 aliphatic rings. The number of unbranched alkanes of at least 4 members (excludes halogenated alkanes) is 1. The van der Waals surface area contributed by atoms with Gasteiger partial charge in [0.15, 0.2) is 17.3 Å². The predicted molar refractivity (Wildman–Crippen MR) is 188 cm³/mol. The molecule has 0 radical (unpaired) electrons. The molecule has 0 aliphatic carbocycles. The third-order valence-corrected chi connectivity index (χ3v) is 8.62. The fourth-order valence-electron chi connectivity index (χ4n) is 5.95. The SMILES string of the molecule is COc1cc(OC)c2c(=O)c(OCCCCN3CCN(C(=O)c4cc([N+](=O)[O-])cc([N+](=O)[O-])c4)CC3)c(-c3cc(OC)c(OC)c(OC)c3)oc2c1. The molecule has 1 fully saturated rings. The van der Waals surface area contributed by atoms with E-state index in [1.165, 1.54) is 40.4 Å². The molecule has 17 heteroatoms. The maximum Gasteiger partial charge on any atom is 0.277 e. The second kappa shape index (κ2) is 16.3. The van der Waals surface area contributed by atoms with Gasteiger partial charge < -0.3 is 37.7 Å². The molecule has 1 aliphatic heterocycles. The summed E-state index contributed by atoms with van der Waals surface area (Å²) in [6.07, 6.45) is 1.27. The van der Waals surface area contributed by atoms with Crippen molar-refractivity contribution < 1.29 is 47.5 Å². The summed E-state index contributed by atoms with van der Waals surface area (Å²) in [6, 6.07) is 9.41. The molecule has 0 unspecified atom stereocenters. The van der Waals surface area contributed by atoms with E-state index < -0.39 is 32.6 Å². The zero-order valence-electron chi connectivity index (χ0n) is 29.3. The number of hydrogen-bond donors (Lipinski definition) is 0. The number of rotatable bonds is 15. The van der Waals surface area contributed by atoms with Crippen LogP contribution in [0.5, 0.6) is 34.5 Å². The van der Waals surface area contributed by atoms with E-state index in [1.54, 1.807) is 24.3 Å². The molecule has 0 bridgehead atoms. The molecule has 0 N–H and O–H groups in total. The molecule has 276 valence electrons. The Labute approximate surface area is 297 Å². The first-order chi connectivity index (χ1) is 25.0. The number of fused-ring (bicyclic) bond motifs is 1. The van der Waals surface area contributed by atoms with Crippen molar-refractivity contribution in [2.24, 2.45) is 0 Å². The van der Waals surface area contributed by atoms with E-state index in [9.17, 15) is 29.8 Å². The van der Waals surface area contributed by atoms with Gasteiger partial charge in [-0.2, -0.15) is 0 Å². The highest BCUT2D eigenvalue weighted by atomic mass is 16.6. The number of nitro groups is 2. The number of hydrogen-bond acceptors (Lipinski definition) is 14. The highest BCUT2D eigenvalue weighted by Crippen LogP contribution is 2.44. The average molecular weight is 723 g/mol. The van der Waals surface area contributed by atoms with E-state index in [1.807, 2.05) is 0 Å². The Balaban J connectivity index is 1.29. The number of piperazine rings is 1. The van der Waals surface area contributed by atoms with Gasteiger partial charge in [0.05, 0.1) is 63.6 Å². The monoisotopic (exact) mass is 722 g/mol. The van der Waals surface area contributed by atoms with Crippen LogP contribution < -0.4 is 33.8 Å². The number of amides is 1. The number of methoxy groups -OCH3 is 5. The molecule has 0 spiro atoms. The van der Waals surface area contributed by atoms with Crippen molar-refractivity contribution >= 4 is 28.3 Å². The summed E-state index contributed by atoms with van der Waals surface area (Å²) in [7, 11) is 7.38. The molecule has 4 aromatic rings. The van der Waals surface area contributed by atoms with Crippen molar-refractivity contribution in [3.8, 4) is 45.8 Å². The quantitative estimate of drug-likeness (QED) is 0.0909. The molecule has 5 rings (SSSR count). The van der Waals surface area contributed by atoms with Gasteiger partial charge in [0.1, 0.15) is 22.5 Å². The van der Waals surface area contributed by atoms with Gasteiger partial charge in [-0.3, -0.25) is 34.7 Å². The van der Waals surface area contributed by atoms with Gasteiger partial charge in [-0.05, 0) is 31.5 Å². The van der Waals surface area contributed by atoms with Gasteiger partial charge in [-0.15, -0.1) is 0 Å². The lowest BCUT2D eigenvalue weighted by molar-refractivity contribution is -0.394. The summed E-state index contributed by atoms with van der Waals surface area (Å²) in [4.78, 5) is 51.8. The van der Waals surface area contributed by atoms with Crippen molar-refractivity contribution in [2.75, 3.05) is 74.9 Å². The molecule has 1 aromatic heterocycles. The van der Waals surface area contributed by atoms with Crippen LogP contribution >= 0.6 is 0 Å². The van der Waals surface area contributed by atoms with E-state index in [-0.39, 0.29) is 40.4 Å². The molecule has 17 nitrogen and oxygen atoms in total. The molecule has 1 amide bonds. The summed E-state index contributed by atoms with van der Waals surface area (Å²) in [5, 5.41) is 22.7. The van der Waals surface area contributed by atoms with Crippen LogP contribution in [0.4, 0.5) is 11.4 Å². The Hall–Kier alpha value is -6.10. The minimum absolute atomic E-state index is 0.0289. The number of carbonyl (C=O) groups excluding carboxylic acids is 1. The molecule has 0 atom stereocenters. The summed E-state index contributed by atoms with van der Waals surface area (Å²) in [5.41, 5.74) is -0.924. The van der Waals surface area contributed by atoms with Crippen LogP contribution in [0.1, 0.15) is 23.2 Å². The number of carbonyl (C=O) groups is 1. The average Bonchev–Trinajstić information content (AvgIpc) is 3.16. The second-order valence-corrected chi connectivity index (χ2v) is 11.6. The maximum absolute atomic E-state index is 14.0. The van der Waals surface area contributed by atoms with E-state index in [2.05, 4.69) is 4.90 Å². The van der Waals surface area contributed by atoms with Gasteiger partial charge in [0.25, 0.3) is 17.3 Å². The smallest absolute Gasteiger partial charge is 0.277 e. The molecular weight excluding hydrogens is 684 g/mol. The predicted octanol–water partition coefficient (Wildman–Crippen LogP) is 4.94. The number of nitro benzene ring substituents is 2. The van der Waals surface area contributed by atoms with Crippen LogP contribution in [-0.4, -0.2) is 100 Å². The first-order valence-corrected chi connectivity index (χ1v) is 16.1. The Morgan fingerprint density at radius 2 is 1.37 bits per heavy atom. The minimum atomic E-state index is -0.763. The standard InChI is InChI=1S/C35H38N4O13/c1-46-25-19-26(47-2)30-27(20-25)52-32(21-16-28(48-3)33(50-5)29(17-21)49-4)34(31(30)40)51-13-7-6-8-36-9-11-37(12-10-36)35(41)22-14-23(38(42)43)18-24(15-22)39(44)45/h14-20H,6-13H2,1-5H3. The van der Waals surface area contributed by atoms with E-state index >= 15 is 0 Å². The van der Waals surface area contributed by atoms with Gasteiger partial charge in [0, 0.05) is 56.0 Å². The molecule has 2 heterocycles. The number of benzene rings is 3. The largest absolute Gasteiger partial charge is 0.496 e. The Morgan fingerprint density at radius 1 is 0.750 bits per heavy atom. The number of ether oxygens (including phenoxy) is 6. The lowest BCUT2D eigenvalue weighted by atomic mass is 10.1. The Morgan fingerprint density at radius 3 is 1.90 bits per heavy atom. The van der Waals surface area contributed by atoms with Crippen LogP contribution in [0.15, 0.2) is 51.7 Å². The first-order valence-electron chi connectivity index (χ1n) is 16.1. The van der Waals surface area contributed by atoms with Gasteiger partial charge in [-0.25, -0.2) is 0 Å². The normalized spacial score (nSPS) is 13.1. The number of non-ortho nitro benzene ring substituents is 2. The van der Waals surface area contributed by atoms with Crippen LogP contribution in [0.25, 0.3) is 22.3 Å². The van der Waals surface area contributed by atoms with Crippen LogP contribution in [-0.2, 0) is 0 Å². The Bertz CT molecular complexity index is 1980. The van der Waals surface area contributed by atoms with E-state index in [4.69, 9.17) is 32.8 Å². The third-order valence-electron chi connectivity index (χ3n) is 8.62. The van der Waals surface area contributed by atoms with Crippen LogP contribution in [0.3, 0.4) is 0 Å². The summed E-state index contributed by atoms with van der Waals surface area (Å²) >= 11 is 0. The molecule has 1 saturated heterocycles. The molecule has 0 saturated carbocycles. The fourth-order valence-corrected chi connectivity index (χ4v) is 5.95. The fraction of sp³-hybridized carbons (Fsp3) is 0.371. The van der Waals surface area contributed by atoms with E-state index in [0.717, 1.165) is 18.2 Å². The summed E-state index contributed by atoms with van der Waals surface area (Å²) in [6.45, 7) is 2.60. The van der Waals surface area contributed by atoms with Gasteiger partial charge >= 0.3 is 0 Å². The van der Waals surface area contributed by atoms with E-state index in [0.29, 0.717) is 74.1 Å². The van der Waals surface area contributed by atoms with Gasteiger partial charge in [0.2, 0.25) is 16.9 Å². The van der Waals surface area contributed by atoms with Crippen LogP contribution in [0.2, 0.25) is 0 Å². The lowest BCUT2D eigenvalue weighted by Gasteiger charge is -2.34. The summed E-state index contributed by atoms with van der Waals surface area (Å²) in [5.74, 6) is 1.35. The molecular formula is C35H38N4O13. The Kier molecular flexibility index (Phi) is 11.6. The molecule has 52 heavy (non-hydrogen) atoms. The highest BCUT2D eigenvalue weighted by Gasteiger charge is 2.27. The van der Waals surface area contributed by atoms with Crippen molar-refractivity contribution in [1.29, 1.82) is 0 Å². The summed E-state index contributed by atoms with van der Waals surface area (Å²) < 4.78 is 39.9. The minimum Gasteiger partial charge on any atom is -0.496 e. The molecule has 3 aromatic carbocycles. The first kappa shape index (κ1) is 37.2. The van der Waals surface area contributed by atoms with Crippen molar-refractivity contribution in [3.05, 3.63) is 78.5 Å². The zero-order chi connectivity index (χ0) is 37.5. The number of nitrogens with zero attached hydrogens (tertiary/aromatic N) is 4. The van der Waals surface area contributed by atoms with Crippen molar-refractivity contribution in [2.45, 2.75) is 12.8 Å². The topological polar surface area (TPSA) is 195 Å². The highest BCUT2D eigenvalue weighted by molar-refractivity contribution is 5.95. The third kappa shape index (κ3) is 7.78. The second-order valence-electron chi connectivity index (χ2n) is 11.6. The van der Waals surface area contributed by atoms with Gasteiger partial charge in [-0.1, -0.05) is 0 Å². The lowest BCUT2D eigenvalue weighted by Crippen LogP contribution is -2.48.